The Bertz CT molecular complexity index is 658. The van der Waals surface area contributed by atoms with Gasteiger partial charge < -0.3 is 4.84 Å². The first kappa shape index (κ1) is 13.4. The van der Waals surface area contributed by atoms with Crippen molar-refractivity contribution < 1.29 is 9.63 Å². The molecule has 1 N–H and O–H groups in total. The van der Waals surface area contributed by atoms with Gasteiger partial charge in [0.25, 0.3) is 0 Å². The van der Waals surface area contributed by atoms with E-state index in [-0.39, 0.29) is 5.97 Å². The van der Waals surface area contributed by atoms with Crippen LogP contribution in [0.5, 0.6) is 0 Å². The Labute approximate surface area is 130 Å². The quantitative estimate of drug-likeness (QED) is 0.817. The summed E-state index contributed by atoms with van der Waals surface area (Å²) in [5.74, 6) is 1.04. The van der Waals surface area contributed by atoms with Crippen LogP contribution in [-0.2, 0) is 4.84 Å². The van der Waals surface area contributed by atoms with Crippen molar-refractivity contribution in [1.82, 2.24) is 0 Å². The lowest BCUT2D eigenvalue weighted by Crippen LogP contribution is -2.11. The normalized spacial score (nSPS) is 17.1. The summed E-state index contributed by atoms with van der Waals surface area (Å²) in [6.07, 6.45) is 5.10. The summed E-state index contributed by atoms with van der Waals surface area (Å²) in [5, 5.41) is 0. The molecule has 22 heavy (non-hydrogen) atoms. The zero-order valence-electron chi connectivity index (χ0n) is 12.4. The molecule has 0 aliphatic heterocycles. The third kappa shape index (κ3) is 2.98. The Balaban J connectivity index is 1.49. The van der Waals surface area contributed by atoms with Crippen molar-refractivity contribution >= 4 is 11.7 Å². The van der Waals surface area contributed by atoms with Crippen LogP contribution in [0.25, 0.3) is 0 Å². The molecular weight excluding hydrogens is 274 g/mol. The van der Waals surface area contributed by atoms with Crippen molar-refractivity contribution in [2.45, 2.75) is 37.5 Å². The van der Waals surface area contributed by atoms with Crippen molar-refractivity contribution in [3.8, 4) is 0 Å². The lowest BCUT2D eigenvalue weighted by molar-refractivity contribution is 0.0596. The third-order valence-corrected chi connectivity index (χ3v) is 4.35. The molecule has 3 nitrogen and oxygen atoms in total. The predicted molar refractivity (Wildman–Crippen MR) is 85.9 cm³/mol. The highest BCUT2D eigenvalue weighted by Crippen LogP contribution is 2.46. The van der Waals surface area contributed by atoms with Crippen molar-refractivity contribution in [2.75, 3.05) is 5.48 Å². The van der Waals surface area contributed by atoms with E-state index in [0.29, 0.717) is 17.4 Å². The second-order valence-corrected chi connectivity index (χ2v) is 6.29. The van der Waals surface area contributed by atoms with E-state index in [0.717, 1.165) is 5.69 Å². The Hall–Kier alpha value is -2.29. The van der Waals surface area contributed by atoms with Gasteiger partial charge >= 0.3 is 5.97 Å². The van der Waals surface area contributed by atoms with Crippen LogP contribution < -0.4 is 5.48 Å². The summed E-state index contributed by atoms with van der Waals surface area (Å²) in [7, 11) is 0. The number of carbonyl (C=O) groups is 1. The summed E-state index contributed by atoms with van der Waals surface area (Å²) in [6.45, 7) is 0. The van der Waals surface area contributed by atoms with Gasteiger partial charge in [0.15, 0.2) is 0 Å². The summed E-state index contributed by atoms with van der Waals surface area (Å²) in [6, 6.07) is 15.6. The third-order valence-electron chi connectivity index (χ3n) is 4.35. The Morgan fingerprint density at radius 3 is 2.05 bits per heavy atom. The van der Waals surface area contributed by atoms with Gasteiger partial charge in [-0.2, -0.15) is 0 Å². The van der Waals surface area contributed by atoms with E-state index in [2.05, 4.69) is 23.7 Å². The molecule has 0 amide bonds. The molecule has 0 bridgehead atoms. The molecule has 0 radical (unpaired) electrons. The SMILES string of the molecule is O=C(ONc1cc(C2CC2)cc(C2CC2)c1)c1ccccc1. The number of hydrogen-bond acceptors (Lipinski definition) is 3. The van der Waals surface area contributed by atoms with Gasteiger partial charge in [0, 0.05) is 0 Å². The van der Waals surface area contributed by atoms with E-state index in [9.17, 15) is 4.79 Å². The van der Waals surface area contributed by atoms with Gasteiger partial charge in [-0.05, 0) is 72.9 Å². The minimum Gasteiger partial charge on any atom is -0.338 e. The van der Waals surface area contributed by atoms with Gasteiger partial charge in [-0.3, -0.25) is 0 Å². The highest BCUT2D eigenvalue weighted by atomic mass is 16.7. The maximum absolute atomic E-state index is 12.0. The van der Waals surface area contributed by atoms with Crippen LogP contribution in [0.3, 0.4) is 0 Å². The molecule has 2 fully saturated rings. The number of carbonyl (C=O) groups excluding carboxylic acids is 1. The molecular formula is C19H19NO2. The molecule has 2 aromatic rings. The standard InChI is InChI=1S/C19H19NO2/c21-19(15-4-2-1-3-5-15)22-20-18-11-16(13-6-7-13)10-17(12-18)14-8-9-14/h1-5,10-14,20H,6-9H2. The summed E-state index contributed by atoms with van der Waals surface area (Å²) < 4.78 is 0. The largest absolute Gasteiger partial charge is 0.362 e. The molecule has 4 rings (SSSR count). The van der Waals surface area contributed by atoms with Crippen LogP contribution in [0.15, 0.2) is 48.5 Å². The van der Waals surface area contributed by atoms with E-state index in [1.165, 1.54) is 36.8 Å². The van der Waals surface area contributed by atoms with Gasteiger partial charge in [-0.1, -0.05) is 24.3 Å². The fourth-order valence-corrected chi connectivity index (χ4v) is 2.78. The Morgan fingerprint density at radius 2 is 1.50 bits per heavy atom. The molecule has 2 aliphatic rings. The van der Waals surface area contributed by atoms with E-state index in [1.54, 1.807) is 12.1 Å². The number of hydrogen-bond donors (Lipinski definition) is 1. The smallest absolute Gasteiger partial charge is 0.338 e. The topological polar surface area (TPSA) is 38.3 Å². The lowest BCUT2D eigenvalue weighted by Gasteiger charge is -2.11. The Morgan fingerprint density at radius 1 is 0.909 bits per heavy atom. The van der Waals surface area contributed by atoms with Crippen LogP contribution in [0.1, 0.15) is 59.0 Å². The van der Waals surface area contributed by atoms with E-state index in [4.69, 9.17) is 4.84 Å². The van der Waals surface area contributed by atoms with Crippen LogP contribution in [0, 0.1) is 0 Å². The summed E-state index contributed by atoms with van der Waals surface area (Å²) in [5.41, 5.74) is 7.03. The van der Waals surface area contributed by atoms with Crippen molar-refractivity contribution in [2.24, 2.45) is 0 Å². The second-order valence-electron chi connectivity index (χ2n) is 6.29. The van der Waals surface area contributed by atoms with Crippen molar-refractivity contribution in [1.29, 1.82) is 0 Å². The minimum atomic E-state index is -0.356. The number of nitrogens with one attached hydrogen (secondary N) is 1. The predicted octanol–water partition coefficient (Wildman–Crippen LogP) is 4.63. The highest BCUT2D eigenvalue weighted by molar-refractivity contribution is 5.89. The number of benzene rings is 2. The molecule has 0 unspecified atom stereocenters. The van der Waals surface area contributed by atoms with E-state index >= 15 is 0 Å². The molecule has 0 heterocycles. The second kappa shape index (κ2) is 5.48. The number of rotatable bonds is 5. The van der Waals surface area contributed by atoms with Crippen LogP contribution in [0.4, 0.5) is 5.69 Å². The first-order valence-corrected chi connectivity index (χ1v) is 7.97. The zero-order valence-corrected chi connectivity index (χ0v) is 12.4. The minimum absolute atomic E-state index is 0.356. The van der Waals surface area contributed by atoms with Crippen molar-refractivity contribution in [3.05, 3.63) is 65.2 Å². The van der Waals surface area contributed by atoms with E-state index < -0.39 is 0 Å². The molecule has 0 atom stereocenters. The zero-order chi connectivity index (χ0) is 14.9. The van der Waals surface area contributed by atoms with Crippen LogP contribution in [0.2, 0.25) is 0 Å². The van der Waals surface area contributed by atoms with Gasteiger partial charge in [0.1, 0.15) is 0 Å². The fourth-order valence-electron chi connectivity index (χ4n) is 2.78. The monoisotopic (exact) mass is 293 g/mol. The average Bonchev–Trinajstić information content (AvgIpc) is 3.44. The molecule has 2 aromatic carbocycles. The van der Waals surface area contributed by atoms with Gasteiger partial charge in [0.2, 0.25) is 0 Å². The van der Waals surface area contributed by atoms with Gasteiger partial charge in [0.05, 0.1) is 11.3 Å². The molecule has 0 spiro atoms. The summed E-state index contributed by atoms with van der Waals surface area (Å²) in [4.78, 5) is 17.2. The van der Waals surface area contributed by atoms with Crippen molar-refractivity contribution in [3.63, 3.8) is 0 Å². The van der Waals surface area contributed by atoms with Crippen LogP contribution in [-0.4, -0.2) is 5.97 Å². The first-order valence-electron chi connectivity index (χ1n) is 7.97. The Kier molecular flexibility index (Phi) is 3.34. The van der Waals surface area contributed by atoms with Gasteiger partial charge in [-0.25, -0.2) is 10.3 Å². The van der Waals surface area contributed by atoms with E-state index in [1.807, 2.05) is 18.2 Å². The molecule has 0 saturated heterocycles. The first-order chi connectivity index (χ1) is 10.8. The fraction of sp³-hybridized carbons (Fsp3) is 0.316. The molecule has 2 aliphatic carbocycles. The van der Waals surface area contributed by atoms with Crippen LogP contribution >= 0.6 is 0 Å². The maximum Gasteiger partial charge on any atom is 0.362 e. The summed E-state index contributed by atoms with van der Waals surface area (Å²) >= 11 is 0. The highest BCUT2D eigenvalue weighted by Gasteiger charge is 2.28. The molecule has 112 valence electrons. The molecule has 0 aromatic heterocycles. The average molecular weight is 293 g/mol. The molecule has 3 heteroatoms. The molecule has 2 saturated carbocycles. The maximum atomic E-state index is 12.0. The number of anilines is 1. The van der Waals surface area contributed by atoms with Gasteiger partial charge in [-0.15, -0.1) is 0 Å². The lowest BCUT2D eigenvalue weighted by atomic mass is 10.0.